The van der Waals surface area contributed by atoms with E-state index in [0.717, 1.165) is 5.75 Å². The van der Waals surface area contributed by atoms with Gasteiger partial charge < -0.3 is 0 Å². The number of hydrogen-bond donors (Lipinski definition) is 3. The summed E-state index contributed by atoms with van der Waals surface area (Å²) in [6.07, 6.45) is 0. The van der Waals surface area contributed by atoms with Crippen LogP contribution in [-0.4, -0.2) is 17.5 Å². The van der Waals surface area contributed by atoms with Crippen molar-refractivity contribution in [1.82, 2.24) is 10.4 Å². The molecule has 4 N–H and O–H groups in total. The smallest absolute Gasteiger partial charge is 0.00650 e. The Bertz CT molecular complexity index is 135. The first-order valence-corrected chi connectivity index (χ1v) is 4.46. The van der Waals surface area contributed by atoms with Gasteiger partial charge in [0.05, 0.1) is 0 Å². The van der Waals surface area contributed by atoms with Gasteiger partial charge in [-0.1, -0.05) is 18.7 Å². The highest BCUT2D eigenvalue weighted by atomic mass is 32.2. The van der Waals surface area contributed by atoms with Crippen LogP contribution in [0.3, 0.4) is 0 Å². The van der Waals surface area contributed by atoms with Crippen LogP contribution in [0, 0.1) is 0 Å². The van der Waals surface area contributed by atoms with E-state index in [9.17, 15) is 0 Å². The van der Waals surface area contributed by atoms with E-state index in [4.69, 9.17) is 5.84 Å². The van der Waals surface area contributed by atoms with Gasteiger partial charge in [-0.05, 0) is 5.75 Å². The maximum Gasteiger partial charge on any atom is -0.00650 e. The summed E-state index contributed by atoms with van der Waals surface area (Å²) >= 11 is 0. The zero-order valence-electron chi connectivity index (χ0n) is 5.11. The highest BCUT2D eigenvalue weighted by molar-refractivity contribution is 8.26. The van der Waals surface area contributed by atoms with Crippen molar-refractivity contribution >= 4 is 21.1 Å². The van der Waals surface area contributed by atoms with E-state index < -0.39 is 9.39 Å². The first kappa shape index (κ1) is 7.97. The van der Waals surface area contributed by atoms with E-state index in [-0.39, 0.29) is 0 Å². The molecule has 0 aromatic carbocycles. The molecule has 0 spiro atoms. The lowest BCUT2D eigenvalue weighted by Crippen LogP contribution is -2.35. The monoisotopic (exact) mass is 135 g/mol. The predicted molar refractivity (Wildman–Crippen MR) is 42.8 cm³/mol. The van der Waals surface area contributed by atoms with Crippen molar-refractivity contribution in [3.63, 3.8) is 0 Å². The number of nitrogens with two attached hydrogens (primary N) is 1. The number of hydrogen-bond acceptors (Lipinski definition) is 3. The maximum atomic E-state index is 4.97. The second-order valence-electron chi connectivity index (χ2n) is 1.58. The highest BCUT2D eigenvalue weighted by Crippen LogP contribution is 2.07. The molecular weight excluding hydrogens is 122 g/mol. The lowest BCUT2D eigenvalue weighted by Gasteiger charge is -2.10. The summed E-state index contributed by atoms with van der Waals surface area (Å²) in [5.74, 6) is 13.5. The second kappa shape index (κ2) is 3.09. The Labute approximate surface area is 50.8 Å². The zero-order chi connectivity index (χ0) is 6.62. The van der Waals surface area contributed by atoms with Crippen molar-refractivity contribution in [2.75, 3.05) is 5.75 Å². The third-order valence-corrected chi connectivity index (χ3v) is 2.48. The maximum absolute atomic E-state index is 4.97. The second-order valence-corrected chi connectivity index (χ2v) is 4.45. The standard InChI is InChI=1S/C4H13N3S/c1-4-8(2,3)7-6-5/h6-7H,2-5H2,1H3. The fourth-order valence-corrected chi connectivity index (χ4v) is 0.592. The van der Waals surface area contributed by atoms with E-state index in [2.05, 4.69) is 22.1 Å². The van der Waals surface area contributed by atoms with Gasteiger partial charge in [-0.2, -0.15) is 5.53 Å². The largest absolute Gasteiger partial charge is 0.257 e. The van der Waals surface area contributed by atoms with E-state index >= 15 is 0 Å². The summed E-state index contributed by atoms with van der Waals surface area (Å²) in [5.41, 5.74) is 2.32. The van der Waals surface area contributed by atoms with Crippen molar-refractivity contribution in [3.05, 3.63) is 0 Å². The SMILES string of the molecule is C=S(=C)(CC)NNN. The first-order valence-electron chi connectivity index (χ1n) is 2.32. The van der Waals surface area contributed by atoms with Crippen LogP contribution in [0.4, 0.5) is 0 Å². The van der Waals surface area contributed by atoms with Gasteiger partial charge in [0.25, 0.3) is 0 Å². The minimum absolute atomic E-state index is 0.914. The molecule has 0 aromatic heterocycles. The topological polar surface area (TPSA) is 50.1 Å². The molecule has 0 unspecified atom stereocenters. The van der Waals surface area contributed by atoms with Crippen LogP contribution in [0.15, 0.2) is 0 Å². The Kier molecular flexibility index (Phi) is 3.08. The molecule has 3 nitrogen and oxygen atoms in total. The average Bonchev–Trinajstić information content (AvgIpc) is 1.67. The van der Waals surface area contributed by atoms with E-state index in [0.29, 0.717) is 0 Å². The van der Waals surface area contributed by atoms with Gasteiger partial charge in [0.15, 0.2) is 0 Å². The minimum atomic E-state index is -1.16. The van der Waals surface area contributed by atoms with Crippen molar-refractivity contribution in [3.8, 4) is 0 Å². The molecule has 4 heteroatoms. The molecule has 0 aliphatic rings. The van der Waals surface area contributed by atoms with Crippen LogP contribution in [0.25, 0.3) is 0 Å². The lowest BCUT2D eigenvalue weighted by atomic mass is 11.0. The van der Waals surface area contributed by atoms with E-state index in [1.807, 2.05) is 6.92 Å². The molecular formula is C4H13N3S. The lowest BCUT2D eigenvalue weighted by molar-refractivity contribution is 0.733. The van der Waals surface area contributed by atoms with Crippen molar-refractivity contribution in [1.29, 1.82) is 0 Å². The van der Waals surface area contributed by atoms with Gasteiger partial charge in [0, 0.05) is 0 Å². The van der Waals surface area contributed by atoms with Gasteiger partial charge in [-0.15, -0.1) is 9.39 Å². The van der Waals surface area contributed by atoms with Gasteiger partial charge in [0.1, 0.15) is 0 Å². The highest BCUT2D eigenvalue weighted by Gasteiger charge is 1.85. The molecule has 0 atom stereocenters. The molecule has 8 heavy (non-hydrogen) atoms. The molecule has 0 aromatic rings. The van der Waals surface area contributed by atoms with Gasteiger partial charge in [-0.25, -0.2) is 4.83 Å². The van der Waals surface area contributed by atoms with Gasteiger partial charge in [0.2, 0.25) is 0 Å². The van der Waals surface area contributed by atoms with Crippen LogP contribution in [0.2, 0.25) is 0 Å². The van der Waals surface area contributed by atoms with Crippen molar-refractivity contribution in [2.45, 2.75) is 6.92 Å². The van der Waals surface area contributed by atoms with Crippen LogP contribution >= 0.6 is 9.39 Å². The molecule has 0 amide bonds. The molecule has 50 valence electrons. The van der Waals surface area contributed by atoms with Crippen LogP contribution in [-0.2, 0) is 0 Å². The van der Waals surface area contributed by atoms with Crippen molar-refractivity contribution in [2.24, 2.45) is 5.84 Å². The molecule has 0 fully saturated rings. The Morgan fingerprint density at radius 1 is 1.62 bits per heavy atom. The summed E-state index contributed by atoms with van der Waals surface area (Å²) in [7, 11) is -1.16. The number of rotatable bonds is 3. The van der Waals surface area contributed by atoms with E-state index in [1.165, 1.54) is 0 Å². The molecule has 0 radical (unpaired) electrons. The van der Waals surface area contributed by atoms with Crippen LogP contribution in [0.5, 0.6) is 0 Å². The van der Waals surface area contributed by atoms with Crippen LogP contribution in [0.1, 0.15) is 6.92 Å². The van der Waals surface area contributed by atoms with Crippen molar-refractivity contribution < 1.29 is 0 Å². The molecule has 0 heterocycles. The predicted octanol–water partition coefficient (Wildman–Crippen LogP) is -0.442. The Morgan fingerprint density at radius 3 is 2.25 bits per heavy atom. The number of hydrazine groups is 2. The van der Waals surface area contributed by atoms with E-state index in [1.54, 1.807) is 0 Å². The molecule has 0 aliphatic carbocycles. The molecule has 0 saturated heterocycles. The summed E-state index contributed by atoms with van der Waals surface area (Å²) < 4.78 is 0. The Hall–Kier alpha value is -0.0300. The molecule has 0 aliphatic heterocycles. The van der Waals surface area contributed by atoms with Gasteiger partial charge in [-0.3, -0.25) is 5.84 Å². The first-order chi connectivity index (χ1) is 3.62. The summed E-state index contributed by atoms with van der Waals surface area (Å²) in [6, 6.07) is 0. The Balaban J connectivity index is 3.76. The molecule has 0 rings (SSSR count). The minimum Gasteiger partial charge on any atom is -0.257 e. The summed E-state index contributed by atoms with van der Waals surface area (Å²) in [4.78, 5) is 2.76. The molecule has 0 bridgehead atoms. The third kappa shape index (κ3) is 3.04. The zero-order valence-corrected chi connectivity index (χ0v) is 5.92. The normalized spacial score (nSPS) is 11.8. The number of nitrogens with one attached hydrogen (secondary N) is 2. The fraction of sp³-hybridized carbons (Fsp3) is 0.500. The Morgan fingerprint density at radius 2 is 2.12 bits per heavy atom. The van der Waals surface area contributed by atoms with Crippen LogP contribution < -0.4 is 16.2 Å². The average molecular weight is 135 g/mol. The summed E-state index contributed by atoms with van der Waals surface area (Å²) in [5, 5.41) is 0. The third-order valence-electron chi connectivity index (χ3n) is 0.828. The quantitative estimate of drug-likeness (QED) is 0.279. The summed E-state index contributed by atoms with van der Waals surface area (Å²) in [6.45, 7) is 2.01. The molecule has 0 saturated carbocycles. The fourth-order valence-electron chi connectivity index (χ4n) is 0.197. The van der Waals surface area contributed by atoms with Gasteiger partial charge >= 0.3 is 0 Å².